The van der Waals surface area contributed by atoms with Crippen LogP contribution in [0.5, 0.6) is 0 Å². The molecule has 0 aromatic heterocycles. The Kier molecular flexibility index (Phi) is 3.16. The lowest BCUT2D eigenvalue weighted by Crippen LogP contribution is -2.42. The summed E-state index contributed by atoms with van der Waals surface area (Å²) in [6, 6.07) is 2.97. The summed E-state index contributed by atoms with van der Waals surface area (Å²) in [4.78, 5) is 22.9. The first-order chi connectivity index (χ1) is 9.56. The Morgan fingerprint density at radius 1 is 1.30 bits per heavy atom. The summed E-state index contributed by atoms with van der Waals surface area (Å²) in [5, 5.41) is 5.30. The fraction of sp³-hybridized carbons (Fsp3) is 0.429. The van der Waals surface area contributed by atoms with Gasteiger partial charge in [-0.25, -0.2) is 8.78 Å². The summed E-state index contributed by atoms with van der Waals surface area (Å²) in [6.07, 6.45) is 1.33. The van der Waals surface area contributed by atoms with Crippen LogP contribution in [0.4, 0.5) is 8.78 Å². The van der Waals surface area contributed by atoms with Gasteiger partial charge in [0, 0.05) is 23.9 Å². The van der Waals surface area contributed by atoms with Gasteiger partial charge in [0.2, 0.25) is 11.8 Å². The van der Waals surface area contributed by atoms with Gasteiger partial charge in [-0.05, 0) is 25.0 Å². The molecular formula is C14H14F2N2O2. The molecule has 2 N–H and O–H groups in total. The quantitative estimate of drug-likeness (QED) is 0.874. The number of amides is 2. The maximum absolute atomic E-state index is 13.6. The molecule has 6 heteroatoms. The number of halogens is 2. The molecular weight excluding hydrogens is 266 g/mol. The zero-order valence-electron chi connectivity index (χ0n) is 10.7. The highest BCUT2D eigenvalue weighted by Crippen LogP contribution is 2.43. The van der Waals surface area contributed by atoms with Crippen molar-refractivity contribution in [1.82, 2.24) is 10.6 Å². The predicted molar refractivity (Wildman–Crippen MR) is 66.8 cm³/mol. The van der Waals surface area contributed by atoms with Crippen molar-refractivity contribution in [3.63, 3.8) is 0 Å². The number of rotatable bonds is 3. The molecule has 0 bridgehead atoms. The number of benzene rings is 1. The summed E-state index contributed by atoms with van der Waals surface area (Å²) < 4.78 is 27.2. The average Bonchev–Trinajstić information content (AvgIpc) is 2.97. The van der Waals surface area contributed by atoms with E-state index >= 15 is 0 Å². The van der Waals surface area contributed by atoms with Crippen LogP contribution in [0.15, 0.2) is 18.2 Å². The molecule has 0 radical (unpaired) electrons. The topological polar surface area (TPSA) is 58.2 Å². The van der Waals surface area contributed by atoms with Gasteiger partial charge in [-0.1, -0.05) is 6.07 Å². The molecule has 0 unspecified atom stereocenters. The first kappa shape index (κ1) is 13.0. The molecule has 2 amide bonds. The molecule has 1 saturated heterocycles. The van der Waals surface area contributed by atoms with Crippen molar-refractivity contribution < 1.29 is 18.4 Å². The minimum absolute atomic E-state index is 0.0354. The van der Waals surface area contributed by atoms with Crippen molar-refractivity contribution in [3.05, 3.63) is 35.4 Å². The molecule has 2 fully saturated rings. The van der Waals surface area contributed by atoms with E-state index in [-0.39, 0.29) is 29.3 Å². The first-order valence-electron chi connectivity index (χ1n) is 6.60. The normalized spacial score (nSPS) is 28.1. The smallest absolute Gasteiger partial charge is 0.242 e. The standard InChI is InChI=1S/C14H14F2N2O2/c15-8-2-1-3-9(16)13(8)7-6-11(7)18-14(20)10-4-5-12(19)17-10/h1-3,7,10-11H,4-6H2,(H,17,19)(H,18,20)/t7-,10+,11-/m0/s1. The van der Waals surface area contributed by atoms with E-state index in [4.69, 9.17) is 0 Å². The van der Waals surface area contributed by atoms with Gasteiger partial charge in [-0.3, -0.25) is 9.59 Å². The van der Waals surface area contributed by atoms with Crippen molar-refractivity contribution in [3.8, 4) is 0 Å². The van der Waals surface area contributed by atoms with Gasteiger partial charge in [-0.2, -0.15) is 0 Å². The molecule has 20 heavy (non-hydrogen) atoms. The molecule has 4 nitrogen and oxygen atoms in total. The Morgan fingerprint density at radius 3 is 2.60 bits per heavy atom. The van der Waals surface area contributed by atoms with Crippen LogP contribution in [-0.2, 0) is 9.59 Å². The van der Waals surface area contributed by atoms with Gasteiger partial charge in [0.1, 0.15) is 17.7 Å². The maximum atomic E-state index is 13.6. The predicted octanol–water partition coefficient (Wildman–Crippen LogP) is 1.22. The van der Waals surface area contributed by atoms with Gasteiger partial charge in [-0.15, -0.1) is 0 Å². The van der Waals surface area contributed by atoms with E-state index < -0.39 is 17.7 Å². The summed E-state index contributed by atoms with van der Waals surface area (Å²) in [6.45, 7) is 0. The number of hydrogen-bond acceptors (Lipinski definition) is 2. The van der Waals surface area contributed by atoms with Gasteiger partial charge in [0.25, 0.3) is 0 Å². The lowest BCUT2D eigenvalue weighted by atomic mass is 10.1. The van der Waals surface area contributed by atoms with Gasteiger partial charge >= 0.3 is 0 Å². The number of hydrogen-bond donors (Lipinski definition) is 2. The van der Waals surface area contributed by atoms with Crippen molar-refractivity contribution in [2.45, 2.75) is 37.3 Å². The summed E-state index contributed by atoms with van der Waals surface area (Å²) in [7, 11) is 0. The maximum Gasteiger partial charge on any atom is 0.242 e. The third kappa shape index (κ3) is 2.37. The second-order valence-electron chi connectivity index (χ2n) is 5.25. The Hall–Kier alpha value is -1.98. The van der Waals surface area contributed by atoms with E-state index in [2.05, 4.69) is 10.6 Å². The molecule has 1 aliphatic heterocycles. The second kappa shape index (κ2) is 4.85. The van der Waals surface area contributed by atoms with E-state index in [1.807, 2.05) is 0 Å². The summed E-state index contributed by atoms with van der Waals surface area (Å²) >= 11 is 0. The minimum Gasteiger partial charge on any atom is -0.351 e. The van der Waals surface area contributed by atoms with E-state index in [1.54, 1.807) is 0 Å². The molecule has 2 aliphatic rings. The lowest BCUT2D eigenvalue weighted by molar-refractivity contribution is -0.125. The molecule has 1 aliphatic carbocycles. The highest BCUT2D eigenvalue weighted by Gasteiger charge is 2.43. The van der Waals surface area contributed by atoms with Crippen LogP contribution in [0.1, 0.15) is 30.7 Å². The first-order valence-corrected chi connectivity index (χ1v) is 6.60. The van der Waals surface area contributed by atoms with Gasteiger partial charge in [0.05, 0.1) is 0 Å². The van der Waals surface area contributed by atoms with Crippen molar-refractivity contribution in [1.29, 1.82) is 0 Å². The number of nitrogens with one attached hydrogen (secondary N) is 2. The SMILES string of the molecule is O=C1CC[C@H](C(=O)N[C@H]2C[C@@H]2c2c(F)cccc2F)N1. The Labute approximate surface area is 114 Å². The van der Waals surface area contributed by atoms with E-state index in [0.29, 0.717) is 19.3 Å². The molecule has 1 heterocycles. The van der Waals surface area contributed by atoms with Crippen LogP contribution in [0.3, 0.4) is 0 Å². The number of carbonyl (C=O) groups is 2. The van der Waals surface area contributed by atoms with Gasteiger partial charge < -0.3 is 10.6 Å². The van der Waals surface area contributed by atoms with Crippen LogP contribution in [0.25, 0.3) is 0 Å². The summed E-state index contributed by atoms with van der Waals surface area (Å²) in [5.74, 6) is -1.91. The summed E-state index contributed by atoms with van der Waals surface area (Å²) in [5.41, 5.74) is 0.0354. The Morgan fingerprint density at radius 2 is 2.00 bits per heavy atom. The van der Waals surface area contributed by atoms with E-state index in [9.17, 15) is 18.4 Å². The fourth-order valence-electron chi connectivity index (χ4n) is 2.63. The van der Waals surface area contributed by atoms with Crippen LogP contribution < -0.4 is 10.6 Å². The zero-order chi connectivity index (χ0) is 14.3. The molecule has 106 valence electrons. The van der Waals surface area contributed by atoms with Gasteiger partial charge in [0.15, 0.2) is 0 Å². The second-order valence-corrected chi connectivity index (χ2v) is 5.25. The van der Waals surface area contributed by atoms with Crippen LogP contribution >= 0.6 is 0 Å². The zero-order valence-corrected chi connectivity index (χ0v) is 10.7. The minimum atomic E-state index is -0.582. The van der Waals surface area contributed by atoms with Crippen molar-refractivity contribution >= 4 is 11.8 Å². The van der Waals surface area contributed by atoms with E-state index in [0.717, 1.165) is 0 Å². The Balaban J connectivity index is 1.62. The average molecular weight is 280 g/mol. The highest BCUT2D eigenvalue weighted by molar-refractivity contribution is 5.91. The molecule has 0 spiro atoms. The number of carbonyl (C=O) groups excluding carboxylic acids is 2. The molecule has 3 rings (SSSR count). The highest BCUT2D eigenvalue weighted by atomic mass is 19.1. The molecule has 1 aromatic carbocycles. The molecule has 3 atom stereocenters. The molecule has 1 aromatic rings. The van der Waals surface area contributed by atoms with Crippen LogP contribution in [0.2, 0.25) is 0 Å². The largest absolute Gasteiger partial charge is 0.351 e. The van der Waals surface area contributed by atoms with E-state index in [1.165, 1.54) is 18.2 Å². The van der Waals surface area contributed by atoms with Crippen molar-refractivity contribution in [2.24, 2.45) is 0 Å². The monoisotopic (exact) mass is 280 g/mol. The molecule has 1 saturated carbocycles. The third-order valence-electron chi connectivity index (χ3n) is 3.80. The Bertz CT molecular complexity index is 556. The van der Waals surface area contributed by atoms with Crippen LogP contribution in [0, 0.1) is 11.6 Å². The fourth-order valence-corrected chi connectivity index (χ4v) is 2.63. The van der Waals surface area contributed by atoms with Crippen LogP contribution in [-0.4, -0.2) is 23.9 Å². The lowest BCUT2D eigenvalue weighted by Gasteiger charge is -2.11. The third-order valence-corrected chi connectivity index (χ3v) is 3.80. The van der Waals surface area contributed by atoms with Crippen molar-refractivity contribution in [2.75, 3.05) is 0 Å².